The highest BCUT2D eigenvalue weighted by molar-refractivity contribution is 5.56. The minimum Gasteiger partial charge on any atom is -0.497 e. The fraction of sp³-hybridized carbons (Fsp3) is 0.500. The molecule has 0 bridgehead atoms. The molecule has 3 rings (SSSR count). The van der Waals surface area contributed by atoms with Gasteiger partial charge in [-0.1, -0.05) is 0 Å². The summed E-state index contributed by atoms with van der Waals surface area (Å²) in [6.07, 6.45) is 1.13. The van der Waals surface area contributed by atoms with Crippen LogP contribution in [0.2, 0.25) is 0 Å². The second kappa shape index (κ2) is 7.32. The van der Waals surface area contributed by atoms with E-state index in [0.29, 0.717) is 29.7 Å². The van der Waals surface area contributed by atoms with E-state index < -0.39 is 5.82 Å². The van der Waals surface area contributed by atoms with Gasteiger partial charge in [0, 0.05) is 26.3 Å². The fourth-order valence-corrected chi connectivity index (χ4v) is 3.13. The zero-order valence-electron chi connectivity index (χ0n) is 14.3. The van der Waals surface area contributed by atoms with Gasteiger partial charge in [0.25, 0.3) is 0 Å². The summed E-state index contributed by atoms with van der Waals surface area (Å²) >= 11 is 0. The molecule has 0 N–H and O–H groups in total. The van der Waals surface area contributed by atoms with Crippen LogP contribution in [0.15, 0.2) is 22.6 Å². The number of nitrogens with zero attached hydrogens (tertiary/aromatic N) is 2. The number of hydrogen-bond acceptors (Lipinski definition) is 5. The summed E-state index contributed by atoms with van der Waals surface area (Å²) in [7, 11) is 3.24. The Morgan fingerprint density at radius 3 is 2.92 bits per heavy atom. The number of oxazole rings is 1. The van der Waals surface area contributed by atoms with Crippen molar-refractivity contribution in [2.75, 3.05) is 33.9 Å². The first-order valence-corrected chi connectivity index (χ1v) is 8.12. The van der Waals surface area contributed by atoms with Gasteiger partial charge in [-0.2, -0.15) is 0 Å². The number of likely N-dealkylation sites (tertiary alicyclic amines) is 1. The van der Waals surface area contributed by atoms with Gasteiger partial charge in [-0.05, 0) is 37.9 Å². The minimum atomic E-state index is -0.400. The van der Waals surface area contributed by atoms with Gasteiger partial charge in [0.05, 0.1) is 25.0 Å². The molecule has 1 saturated heterocycles. The normalized spacial score (nSPS) is 18.2. The number of methoxy groups -OCH3 is 2. The van der Waals surface area contributed by atoms with Crippen molar-refractivity contribution in [3.63, 3.8) is 0 Å². The van der Waals surface area contributed by atoms with Crippen molar-refractivity contribution >= 4 is 0 Å². The highest BCUT2D eigenvalue weighted by atomic mass is 19.1. The summed E-state index contributed by atoms with van der Waals surface area (Å²) in [5.41, 5.74) is 1.21. The van der Waals surface area contributed by atoms with Crippen LogP contribution in [-0.2, 0) is 11.3 Å². The lowest BCUT2D eigenvalue weighted by molar-refractivity contribution is 0.152. The summed E-state index contributed by atoms with van der Waals surface area (Å²) in [5, 5.41) is 0. The van der Waals surface area contributed by atoms with Crippen LogP contribution in [0.5, 0.6) is 5.75 Å². The van der Waals surface area contributed by atoms with Gasteiger partial charge in [0.1, 0.15) is 17.3 Å². The molecule has 6 heteroatoms. The molecule has 130 valence electrons. The quantitative estimate of drug-likeness (QED) is 0.811. The number of benzene rings is 1. The highest BCUT2D eigenvalue weighted by Gasteiger charge is 2.24. The van der Waals surface area contributed by atoms with Gasteiger partial charge in [0.2, 0.25) is 5.89 Å². The van der Waals surface area contributed by atoms with Gasteiger partial charge in [-0.25, -0.2) is 9.37 Å². The van der Waals surface area contributed by atoms with E-state index in [2.05, 4.69) is 9.88 Å². The third-order valence-electron chi connectivity index (χ3n) is 4.45. The number of aromatic nitrogens is 1. The van der Waals surface area contributed by atoms with E-state index in [1.165, 1.54) is 13.2 Å². The summed E-state index contributed by atoms with van der Waals surface area (Å²) in [6.45, 7) is 5.39. The highest BCUT2D eigenvalue weighted by Crippen LogP contribution is 2.28. The molecule has 0 aliphatic carbocycles. The molecular weight excluding hydrogens is 311 g/mol. The summed E-state index contributed by atoms with van der Waals surface area (Å²) in [5.74, 6) is 1.69. The smallest absolute Gasteiger partial charge is 0.229 e. The number of halogens is 1. The monoisotopic (exact) mass is 334 g/mol. The molecule has 24 heavy (non-hydrogen) atoms. The van der Waals surface area contributed by atoms with Crippen LogP contribution < -0.4 is 4.74 Å². The minimum absolute atomic E-state index is 0.315. The maximum Gasteiger partial charge on any atom is 0.229 e. The van der Waals surface area contributed by atoms with E-state index in [9.17, 15) is 4.39 Å². The van der Waals surface area contributed by atoms with Crippen LogP contribution in [0.1, 0.15) is 17.9 Å². The maximum absolute atomic E-state index is 14.2. The number of aryl methyl sites for hydroxylation is 1. The van der Waals surface area contributed by atoms with Crippen molar-refractivity contribution in [3.8, 4) is 17.2 Å². The molecule has 1 unspecified atom stereocenters. The van der Waals surface area contributed by atoms with Gasteiger partial charge < -0.3 is 13.9 Å². The Balaban J connectivity index is 1.74. The third kappa shape index (κ3) is 3.60. The second-order valence-electron chi connectivity index (χ2n) is 6.21. The van der Waals surface area contributed by atoms with E-state index in [0.717, 1.165) is 37.6 Å². The predicted molar refractivity (Wildman–Crippen MR) is 88.4 cm³/mol. The Morgan fingerprint density at radius 1 is 1.38 bits per heavy atom. The summed E-state index contributed by atoms with van der Waals surface area (Å²) in [6, 6.07) is 4.67. The molecule has 2 heterocycles. The Hall–Kier alpha value is -1.92. The molecular formula is C18H23FN2O3. The van der Waals surface area contributed by atoms with Gasteiger partial charge in [0.15, 0.2) is 0 Å². The average Bonchev–Trinajstić information content (AvgIpc) is 3.15. The van der Waals surface area contributed by atoms with Crippen LogP contribution in [0.3, 0.4) is 0 Å². The van der Waals surface area contributed by atoms with Crippen LogP contribution in [-0.4, -0.2) is 43.8 Å². The van der Waals surface area contributed by atoms with Crippen LogP contribution in [0, 0.1) is 18.7 Å². The van der Waals surface area contributed by atoms with Crippen molar-refractivity contribution in [1.82, 2.24) is 9.88 Å². The Bertz CT molecular complexity index is 702. The standard InChI is InChI=1S/C18H23FN2O3/c1-12-17(10-21-7-6-13(9-21)11-22-2)20-18(24-12)15-5-4-14(23-3)8-16(15)19/h4-5,8,13H,6-7,9-11H2,1-3H3. The lowest BCUT2D eigenvalue weighted by Gasteiger charge is -2.14. The Labute approximate surface area is 141 Å². The van der Waals surface area contributed by atoms with Crippen molar-refractivity contribution in [3.05, 3.63) is 35.5 Å². The summed E-state index contributed by atoms with van der Waals surface area (Å²) in [4.78, 5) is 6.85. The van der Waals surface area contributed by atoms with Crippen molar-refractivity contribution < 1.29 is 18.3 Å². The SMILES string of the molecule is COCC1CCN(Cc2nc(-c3ccc(OC)cc3F)oc2C)C1. The molecule has 0 spiro atoms. The number of ether oxygens (including phenoxy) is 2. The fourth-order valence-electron chi connectivity index (χ4n) is 3.13. The molecule has 2 aromatic rings. The molecule has 1 atom stereocenters. The van der Waals surface area contributed by atoms with Gasteiger partial charge in [-0.15, -0.1) is 0 Å². The molecule has 0 amide bonds. The Morgan fingerprint density at radius 2 is 2.21 bits per heavy atom. The molecule has 1 aromatic carbocycles. The third-order valence-corrected chi connectivity index (χ3v) is 4.45. The van der Waals surface area contributed by atoms with Crippen molar-refractivity contribution in [2.24, 2.45) is 5.92 Å². The lowest BCUT2D eigenvalue weighted by Crippen LogP contribution is -2.21. The van der Waals surface area contributed by atoms with E-state index in [-0.39, 0.29) is 0 Å². The van der Waals surface area contributed by atoms with Gasteiger partial charge in [-0.3, -0.25) is 4.90 Å². The van der Waals surface area contributed by atoms with E-state index in [1.807, 2.05) is 6.92 Å². The van der Waals surface area contributed by atoms with Crippen molar-refractivity contribution in [1.29, 1.82) is 0 Å². The maximum atomic E-state index is 14.2. The topological polar surface area (TPSA) is 47.7 Å². The second-order valence-corrected chi connectivity index (χ2v) is 6.21. The molecule has 1 aliphatic heterocycles. The van der Waals surface area contributed by atoms with E-state index >= 15 is 0 Å². The molecule has 0 saturated carbocycles. The molecule has 1 aromatic heterocycles. The number of hydrogen-bond donors (Lipinski definition) is 0. The molecule has 1 fully saturated rings. The first-order chi connectivity index (χ1) is 11.6. The van der Waals surface area contributed by atoms with E-state index in [4.69, 9.17) is 13.9 Å². The zero-order chi connectivity index (χ0) is 17.1. The zero-order valence-corrected chi connectivity index (χ0v) is 14.3. The van der Waals surface area contributed by atoms with Crippen molar-refractivity contribution in [2.45, 2.75) is 19.9 Å². The first kappa shape index (κ1) is 16.9. The van der Waals surface area contributed by atoms with Crippen LogP contribution in [0.4, 0.5) is 4.39 Å². The summed E-state index contributed by atoms with van der Waals surface area (Å²) < 4.78 is 30.2. The lowest BCUT2D eigenvalue weighted by atomic mass is 10.1. The molecule has 0 radical (unpaired) electrons. The van der Waals surface area contributed by atoms with Gasteiger partial charge >= 0.3 is 0 Å². The molecule has 5 nitrogen and oxygen atoms in total. The Kier molecular flexibility index (Phi) is 5.16. The number of rotatable bonds is 6. The predicted octanol–water partition coefficient (Wildman–Crippen LogP) is 3.27. The largest absolute Gasteiger partial charge is 0.497 e. The van der Waals surface area contributed by atoms with E-state index in [1.54, 1.807) is 19.2 Å². The average molecular weight is 334 g/mol. The first-order valence-electron chi connectivity index (χ1n) is 8.12. The van der Waals surface area contributed by atoms with Crippen LogP contribution >= 0.6 is 0 Å². The molecule has 1 aliphatic rings. The van der Waals surface area contributed by atoms with Crippen LogP contribution in [0.25, 0.3) is 11.5 Å².